The lowest BCUT2D eigenvalue weighted by Crippen LogP contribution is -2.39. The van der Waals surface area contributed by atoms with Gasteiger partial charge in [0.25, 0.3) is 11.5 Å². The van der Waals surface area contributed by atoms with Gasteiger partial charge in [0.2, 0.25) is 15.8 Å². The van der Waals surface area contributed by atoms with Crippen LogP contribution in [0, 0.1) is 0 Å². The number of nitrogens with one attached hydrogen (secondary N) is 1. The first-order valence-corrected chi connectivity index (χ1v) is 12.1. The third kappa shape index (κ3) is 4.22. The summed E-state index contributed by atoms with van der Waals surface area (Å²) in [4.78, 5) is 29.6. The van der Waals surface area contributed by atoms with Crippen LogP contribution in [0.1, 0.15) is 47.1 Å². The monoisotopic (exact) mass is 462 g/mol. The second kappa shape index (κ2) is 8.91. The summed E-state index contributed by atoms with van der Waals surface area (Å²) in [7, 11) is -1.91. The number of ether oxygens (including phenoxy) is 1. The maximum Gasteiger partial charge on any atom is 0.296 e. The highest BCUT2D eigenvalue weighted by Crippen LogP contribution is 2.27. The fourth-order valence-electron chi connectivity index (χ4n) is 4.09. The van der Waals surface area contributed by atoms with E-state index in [0.29, 0.717) is 49.7 Å². The largest absolute Gasteiger partial charge is 0.501 e. The quantitative estimate of drug-likeness (QED) is 0.673. The zero-order valence-electron chi connectivity index (χ0n) is 17.8. The van der Waals surface area contributed by atoms with Crippen LogP contribution in [0.25, 0.3) is 0 Å². The molecule has 2 N–H and O–H groups in total. The fraction of sp³-hybridized carbons (Fsp3) is 0.476. The molecule has 1 atom stereocenters. The van der Waals surface area contributed by atoms with Crippen LogP contribution in [-0.2, 0) is 28.4 Å². The molecule has 2 fully saturated rings. The van der Waals surface area contributed by atoms with Gasteiger partial charge in [0, 0.05) is 32.7 Å². The first kappa shape index (κ1) is 22.3. The Morgan fingerprint density at radius 3 is 2.81 bits per heavy atom. The molecule has 3 heterocycles. The molecule has 1 amide bonds. The summed E-state index contributed by atoms with van der Waals surface area (Å²) in [5.74, 6) is -1.09. The lowest BCUT2D eigenvalue weighted by molar-refractivity contribution is 0.0941. The molecular weight excluding hydrogens is 436 g/mol. The van der Waals surface area contributed by atoms with Crippen LogP contribution in [0.3, 0.4) is 0 Å². The van der Waals surface area contributed by atoms with Gasteiger partial charge in [-0.2, -0.15) is 0 Å². The molecule has 4 rings (SSSR count). The number of sulfonamides is 1. The highest BCUT2D eigenvalue weighted by Gasteiger charge is 2.29. The Morgan fingerprint density at radius 2 is 2.09 bits per heavy atom. The summed E-state index contributed by atoms with van der Waals surface area (Å²) < 4.78 is 33.0. The van der Waals surface area contributed by atoms with E-state index in [-0.39, 0.29) is 23.9 Å². The average molecular weight is 463 g/mol. The SMILES string of the molecule is Cn1c(C2CCOC2)nc(C(=O)NCc2ccccc2N2CCCCS2(=O)=O)c(O)c1=O. The van der Waals surface area contributed by atoms with E-state index in [0.717, 1.165) is 6.42 Å². The Morgan fingerprint density at radius 1 is 1.31 bits per heavy atom. The van der Waals surface area contributed by atoms with Gasteiger partial charge in [-0.15, -0.1) is 0 Å². The van der Waals surface area contributed by atoms with Crippen molar-refractivity contribution in [3.05, 3.63) is 51.7 Å². The number of para-hydroxylation sites is 1. The summed E-state index contributed by atoms with van der Waals surface area (Å²) >= 11 is 0. The average Bonchev–Trinajstić information content (AvgIpc) is 3.31. The Kier molecular flexibility index (Phi) is 6.20. The number of aromatic nitrogens is 2. The topological polar surface area (TPSA) is 131 Å². The van der Waals surface area contributed by atoms with E-state index in [1.807, 2.05) is 0 Å². The van der Waals surface area contributed by atoms with E-state index in [1.54, 1.807) is 24.3 Å². The van der Waals surface area contributed by atoms with Crippen molar-refractivity contribution < 1.29 is 23.1 Å². The first-order chi connectivity index (χ1) is 15.3. The van der Waals surface area contributed by atoms with Crippen molar-refractivity contribution in [1.29, 1.82) is 0 Å². The molecule has 2 saturated heterocycles. The highest BCUT2D eigenvalue weighted by atomic mass is 32.2. The molecule has 32 heavy (non-hydrogen) atoms. The molecule has 0 aliphatic carbocycles. The Labute approximate surface area is 185 Å². The Bertz CT molecular complexity index is 1190. The number of carbonyl (C=O) groups is 1. The van der Waals surface area contributed by atoms with Crippen LogP contribution in [-0.4, -0.2) is 54.5 Å². The molecule has 0 bridgehead atoms. The van der Waals surface area contributed by atoms with Gasteiger partial charge in [0.1, 0.15) is 5.82 Å². The van der Waals surface area contributed by atoms with Gasteiger partial charge in [0.15, 0.2) is 5.69 Å². The van der Waals surface area contributed by atoms with Crippen molar-refractivity contribution >= 4 is 21.6 Å². The van der Waals surface area contributed by atoms with E-state index >= 15 is 0 Å². The number of hydrogen-bond acceptors (Lipinski definition) is 7. The molecule has 1 aromatic carbocycles. The van der Waals surface area contributed by atoms with Crippen LogP contribution in [0.4, 0.5) is 5.69 Å². The van der Waals surface area contributed by atoms with Crippen LogP contribution in [0.5, 0.6) is 5.75 Å². The minimum Gasteiger partial charge on any atom is -0.501 e. The number of anilines is 1. The molecule has 10 nitrogen and oxygen atoms in total. The lowest BCUT2D eigenvalue weighted by atomic mass is 10.1. The Hall–Kier alpha value is -2.92. The minimum atomic E-state index is -3.41. The minimum absolute atomic E-state index is 0.0131. The number of rotatable bonds is 5. The molecule has 172 valence electrons. The van der Waals surface area contributed by atoms with Gasteiger partial charge in [0.05, 0.1) is 18.0 Å². The van der Waals surface area contributed by atoms with E-state index in [2.05, 4.69) is 10.3 Å². The Balaban J connectivity index is 1.58. The summed E-state index contributed by atoms with van der Waals surface area (Å²) in [5.41, 5.74) is 0.0708. The van der Waals surface area contributed by atoms with E-state index in [1.165, 1.54) is 15.9 Å². The van der Waals surface area contributed by atoms with Crippen molar-refractivity contribution in [2.75, 3.05) is 29.8 Å². The van der Waals surface area contributed by atoms with Gasteiger partial charge in [-0.3, -0.25) is 18.5 Å². The van der Waals surface area contributed by atoms with Crippen molar-refractivity contribution in [3.63, 3.8) is 0 Å². The summed E-state index contributed by atoms with van der Waals surface area (Å²) in [6, 6.07) is 6.94. The summed E-state index contributed by atoms with van der Waals surface area (Å²) in [6.45, 7) is 1.33. The zero-order valence-corrected chi connectivity index (χ0v) is 18.6. The zero-order chi connectivity index (χ0) is 22.9. The molecule has 0 radical (unpaired) electrons. The van der Waals surface area contributed by atoms with Gasteiger partial charge in [-0.05, 0) is 30.9 Å². The van der Waals surface area contributed by atoms with Crippen molar-refractivity contribution in [2.24, 2.45) is 7.05 Å². The number of amides is 1. The van der Waals surface area contributed by atoms with Gasteiger partial charge >= 0.3 is 0 Å². The van der Waals surface area contributed by atoms with Gasteiger partial charge in [-0.1, -0.05) is 18.2 Å². The smallest absolute Gasteiger partial charge is 0.296 e. The van der Waals surface area contributed by atoms with Crippen LogP contribution in [0.2, 0.25) is 0 Å². The molecule has 2 aromatic rings. The predicted octanol–water partition coefficient (Wildman–Crippen LogP) is 0.850. The lowest BCUT2D eigenvalue weighted by Gasteiger charge is -2.30. The third-order valence-corrected chi connectivity index (χ3v) is 7.72. The first-order valence-electron chi connectivity index (χ1n) is 10.5. The van der Waals surface area contributed by atoms with E-state index in [9.17, 15) is 23.1 Å². The molecule has 1 aromatic heterocycles. The normalized spacial score (nSPS) is 20.3. The molecule has 1 unspecified atom stereocenters. The number of hydrogen-bond donors (Lipinski definition) is 2. The second-order valence-electron chi connectivity index (χ2n) is 8.00. The van der Waals surface area contributed by atoms with Gasteiger partial charge in [-0.25, -0.2) is 13.4 Å². The van der Waals surface area contributed by atoms with Crippen molar-refractivity contribution in [3.8, 4) is 5.75 Å². The molecule has 2 aliphatic rings. The van der Waals surface area contributed by atoms with E-state index < -0.39 is 27.2 Å². The maximum absolute atomic E-state index is 12.8. The third-order valence-electron chi connectivity index (χ3n) is 5.86. The fourth-order valence-corrected chi connectivity index (χ4v) is 5.76. The summed E-state index contributed by atoms with van der Waals surface area (Å²) in [6.07, 6.45) is 2.06. The number of nitrogens with zero attached hydrogens (tertiary/aromatic N) is 3. The highest BCUT2D eigenvalue weighted by molar-refractivity contribution is 7.92. The predicted molar refractivity (Wildman–Crippen MR) is 117 cm³/mol. The molecule has 0 saturated carbocycles. The van der Waals surface area contributed by atoms with Crippen LogP contribution < -0.4 is 15.2 Å². The summed E-state index contributed by atoms with van der Waals surface area (Å²) in [5, 5.41) is 12.9. The maximum atomic E-state index is 12.8. The van der Waals surface area contributed by atoms with Crippen molar-refractivity contribution in [1.82, 2.24) is 14.9 Å². The second-order valence-corrected chi connectivity index (χ2v) is 10.0. The number of benzene rings is 1. The van der Waals surface area contributed by atoms with Gasteiger partial charge < -0.3 is 15.2 Å². The molecule has 2 aliphatic heterocycles. The number of aromatic hydroxyl groups is 1. The molecular formula is C21H26N4O6S. The molecule has 11 heteroatoms. The van der Waals surface area contributed by atoms with Crippen LogP contribution in [0.15, 0.2) is 29.1 Å². The standard InChI is InChI=1S/C21H26N4O6S/c1-24-19(15-8-10-31-13-15)23-17(18(26)21(24)28)20(27)22-12-14-6-2-3-7-16(14)25-9-4-5-11-32(25,29)30/h2-3,6-7,15,26H,4-5,8-13H2,1H3,(H,22,27). The molecule has 0 spiro atoms. The van der Waals surface area contributed by atoms with Crippen molar-refractivity contribution in [2.45, 2.75) is 31.7 Å². The van der Waals surface area contributed by atoms with Crippen LogP contribution >= 0.6 is 0 Å². The number of carbonyl (C=O) groups excluding carboxylic acids is 1. The van der Waals surface area contributed by atoms with E-state index in [4.69, 9.17) is 4.74 Å².